The molecule has 0 bridgehead atoms. The van der Waals surface area contributed by atoms with E-state index in [0.717, 1.165) is 0 Å². The lowest BCUT2D eigenvalue weighted by Gasteiger charge is -2.03. The standard InChI is InChI=1S/C8H7ClO3/c1-4-2-3-5(8(11)12)6(9)7(4)10/h2-3,10H,1H3,(H,11,12). The van der Waals surface area contributed by atoms with E-state index in [4.69, 9.17) is 16.7 Å². The van der Waals surface area contributed by atoms with E-state index in [0.29, 0.717) is 5.56 Å². The lowest BCUT2D eigenvalue weighted by Crippen LogP contribution is -1.97. The maximum Gasteiger partial charge on any atom is 0.337 e. The molecule has 0 fully saturated rings. The average molecular weight is 187 g/mol. The van der Waals surface area contributed by atoms with Gasteiger partial charge in [0.2, 0.25) is 0 Å². The van der Waals surface area contributed by atoms with Crippen LogP contribution in [0.3, 0.4) is 0 Å². The number of carbonyl (C=O) groups is 1. The molecule has 1 rings (SSSR count). The number of aryl methyl sites for hydroxylation is 1. The highest BCUT2D eigenvalue weighted by Crippen LogP contribution is 2.30. The van der Waals surface area contributed by atoms with Crippen LogP contribution in [0.2, 0.25) is 5.02 Å². The van der Waals surface area contributed by atoms with Crippen LogP contribution < -0.4 is 0 Å². The number of benzene rings is 1. The largest absolute Gasteiger partial charge is 0.506 e. The van der Waals surface area contributed by atoms with Crippen LogP contribution in [0.4, 0.5) is 0 Å². The quantitative estimate of drug-likeness (QED) is 0.706. The normalized spacial score (nSPS) is 9.83. The average Bonchev–Trinajstić information content (AvgIpc) is 2.00. The molecule has 2 N–H and O–H groups in total. The van der Waals surface area contributed by atoms with E-state index in [9.17, 15) is 9.90 Å². The Morgan fingerprint density at radius 2 is 2.08 bits per heavy atom. The molecular formula is C8H7ClO3. The van der Waals surface area contributed by atoms with Crippen LogP contribution in [0.5, 0.6) is 5.75 Å². The number of phenolic OH excluding ortho intramolecular Hbond substituents is 1. The minimum absolute atomic E-state index is 0.0835. The predicted octanol–water partition coefficient (Wildman–Crippen LogP) is 2.05. The summed E-state index contributed by atoms with van der Waals surface area (Å²) in [6.45, 7) is 1.65. The number of aromatic carboxylic acids is 1. The van der Waals surface area contributed by atoms with Gasteiger partial charge < -0.3 is 10.2 Å². The van der Waals surface area contributed by atoms with Gasteiger partial charge in [0.1, 0.15) is 5.75 Å². The lowest BCUT2D eigenvalue weighted by molar-refractivity contribution is 0.0696. The Bertz CT molecular complexity index is 333. The van der Waals surface area contributed by atoms with Gasteiger partial charge in [0.05, 0.1) is 10.6 Å². The predicted molar refractivity (Wildman–Crippen MR) is 44.8 cm³/mol. The Morgan fingerprint density at radius 3 is 2.58 bits per heavy atom. The Morgan fingerprint density at radius 1 is 1.50 bits per heavy atom. The Hall–Kier alpha value is -1.22. The van der Waals surface area contributed by atoms with Crippen LogP contribution in [0, 0.1) is 6.92 Å². The monoisotopic (exact) mass is 186 g/mol. The van der Waals surface area contributed by atoms with Gasteiger partial charge in [0.25, 0.3) is 0 Å². The van der Waals surface area contributed by atoms with E-state index in [1.807, 2.05) is 0 Å². The summed E-state index contributed by atoms with van der Waals surface area (Å²) in [5, 5.41) is 17.7. The first-order chi connectivity index (χ1) is 5.54. The van der Waals surface area contributed by atoms with Gasteiger partial charge in [-0.3, -0.25) is 0 Å². The molecule has 0 spiro atoms. The van der Waals surface area contributed by atoms with Crippen molar-refractivity contribution in [1.29, 1.82) is 0 Å². The number of phenols is 1. The second-order valence-corrected chi connectivity index (χ2v) is 2.78. The molecule has 0 unspecified atom stereocenters. The number of carboxylic acid groups (broad SMARTS) is 1. The summed E-state index contributed by atoms with van der Waals surface area (Å²) in [5.74, 6) is -1.31. The van der Waals surface area contributed by atoms with E-state index in [2.05, 4.69) is 0 Å². The van der Waals surface area contributed by atoms with E-state index in [-0.39, 0.29) is 16.3 Å². The zero-order valence-corrected chi connectivity index (χ0v) is 7.09. The molecule has 4 heteroatoms. The lowest BCUT2D eigenvalue weighted by atomic mass is 10.1. The van der Waals surface area contributed by atoms with Crippen molar-refractivity contribution in [3.63, 3.8) is 0 Å². The molecule has 0 aliphatic rings. The van der Waals surface area contributed by atoms with Gasteiger partial charge in [-0.1, -0.05) is 17.7 Å². The number of rotatable bonds is 1. The van der Waals surface area contributed by atoms with Crippen molar-refractivity contribution in [1.82, 2.24) is 0 Å². The van der Waals surface area contributed by atoms with Gasteiger partial charge in [-0.15, -0.1) is 0 Å². The number of carboxylic acids is 1. The molecule has 0 radical (unpaired) electrons. The van der Waals surface area contributed by atoms with Crippen LogP contribution >= 0.6 is 11.6 Å². The molecule has 0 aliphatic carbocycles. The zero-order chi connectivity index (χ0) is 9.30. The SMILES string of the molecule is Cc1ccc(C(=O)O)c(Cl)c1O. The molecule has 0 aromatic heterocycles. The number of aromatic hydroxyl groups is 1. The van der Waals surface area contributed by atoms with Gasteiger partial charge in [-0.25, -0.2) is 4.79 Å². The van der Waals surface area contributed by atoms with E-state index < -0.39 is 5.97 Å². The summed E-state index contributed by atoms with van der Waals surface area (Å²) in [4.78, 5) is 10.5. The smallest absolute Gasteiger partial charge is 0.337 e. The van der Waals surface area contributed by atoms with Crippen LogP contribution in [0.15, 0.2) is 12.1 Å². The second-order valence-electron chi connectivity index (χ2n) is 2.40. The first-order valence-electron chi connectivity index (χ1n) is 3.25. The van der Waals surface area contributed by atoms with Crippen molar-refractivity contribution in [3.8, 4) is 5.75 Å². The van der Waals surface area contributed by atoms with Crippen LogP contribution in [0.25, 0.3) is 0 Å². The summed E-state index contributed by atoms with van der Waals surface area (Å²) in [7, 11) is 0. The topological polar surface area (TPSA) is 57.5 Å². The first-order valence-corrected chi connectivity index (χ1v) is 3.63. The maximum atomic E-state index is 10.5. The van der Waals surface area contributed by atoms with Crippen molar-refractivity contribution in [2.45, 2.75) is 6.92 Å². The zero-order valence-electron chi connectivity index (χ0n) is 6.34. The van der Waals surface area contributed by atoms with Crippen LogP contribution in [0.1, 0.15) is 15.9 Å². The van der Waals surface area contributed by atoms with Crippen molar-refractivity contribution < 1.29 is 15.0 Å². The number of halogens is 1. The molecule has 0 saturated heterocycles. The van der Waals surface area contributed by atoms with E-state index in [1.54, 1.807) is 6.92 Å². The molecule has 0 aliphatic heterocycles. The van der Waals surface area contributed by atoms with Crippen molar-refractivity contribution in [2.75, 3.05) is 0 Å². The van der Waals surface area contributed by atoms with Crippen LogP contribution in [-0.4, -0.2) is 16.2 Å². The third-order valence-electron chi connectivity index (χ3n) is 1.55. The van der Waals surface area contributed by atoms with Gasteiger partial charge in [0.15, 0.2) is 0 Å². The summed E-state index contributed by atoms with van der Waals surface area (Å²) in [5.41, 5.74) is 0.477. The maximum absolute atomic E-state index is 10.5. The highest BCUT2D eigenvalue weighted by molar-refractivity contribution is 6.35. The fourth-order valence-corrected chi connectivity index (χ4v) is 1.12. The molecule has 1 aromatic carbocycles. The molecule has 12 heavy (non-hydrogen) atoms. The van der Waals surface area contributed by atoms with Gasteiger partial charge in [-0.05, 0) is 18.6 Å². The molecule has 0 saturated carbocycles. The molecule has 0 amide bonds. The molecule has 64 valence electrons. The number of hydrogen-bond donors (Lipinski definition) is 2. The summed E-state index contributed by atoms with van der Waals surface area (Å²) in [6, 6.07) is 2.87. The van der Waals surface area contributed by atoms with E-state index >= 15 is 0 Å². The Balaban J connectivity index is 3.36. The molecule has 0 atom stereocenters. The molecule has 0 heterocycles. The van der Waals surface area contributed by atoms with Crippen LogP contribution in [-0.2, 0) is 0 Å². The number of hydrogen-bond acceptors (Lipinski definition) is 2. The Labute approximate surface area is 74.2 Å². The minimum Gasteiger partial charge on any atom is -0.506 e. The van der Waals surface area contributed by atoms with Gasteiger partial charge in [-0.2, -0.15) is 0 Å². The van der Waals surface area contributed by atoms with Crippen molar-refractivity contribution in [3.05, 3.63) is 28.3 Å². The third kappa shape index (κ3) is 1.36. The van der Waals surface area contributed by atoms with E-state index in [1.165, 1.54) is 12.1 Å². The second kappa shape index (κ2) is 3.03. The molecule has 1 aromatic rings. The first kappa shape index (κ1) is 8.87. The van der Waals surface area contributed by atoms with Gasteiger partial charge >= 0.3 is 5.97 Å². The highest BCUT2D eigenvalue weighted by atomic mass is 35.5. The molecular weight excluding hydrogens is 180 g/mol. The van der Waals surface area contributed by atoms with Crippen molar-refractivity contribution >= 4 is 17.6 Å². The minimum atomic E-state index is -1.14. The summed E-state index contributed by atoms with van der Waals surface area (Å²) < 4.78 is 0. The van der Waals surface area contributed by atoms with Gasteiger partial charge in [0, 0.05) is 0 Å². The molecule has 3 nitrogen and oxygen atoms in total. The Kier molecular flexibility index (Phi) is 2.24. The fourth-order valence-electron chi connectivity index (χ4n) is 0.826. The summed E-state index contributed by atoms with van der Waals surface area (Å²) in [6.07, 6.45) is 0. The summed E-state index contributed by atoms with van der Waals surface area (Å²) >= 11 is 5.56. The third-order valence-corrected chi connectivity index (χ3v) is 1.93. The fraction of sp³-hybridized carbons (Fsp3) is 0.125. The highest BCUT2D eigenvalue weighted by Gasteiger charge is 2.12. The van der Waals surface area contributed by atoms with Crippen molar-refractivity contribution in [2.24, 2.45) is 0 Å².